The van der Waals surface area contributed by atoms with Crippen molar-refractivity contribution in [2.45, 2.75) is 32.7 Å². The summed E-state index contributed by atoms with van der Waals surface area (Å²) >= 11 is 5.87. The van der Waals surface area contributed by atoms with Crippen molar-refractivity contribution in [1.29, 1.82) is 0 Å². The number of rotatable bonds is 3. The van der Waals surface area contributed by atoms with E-state index < -0.39 is 0 Å². The molecule has 0 fully saturated rings. The van der Waals surface area contributed by atoms with Crippen molar-refractivity contribution in [3.63, 3.8) is 0 Å². The maximum atomic E-state index is 5.87. The van der Waals surface area contributed by atoms with Gasteiger partial charge in [0.2, 0.25) is 0 Å². The van der Waals surface area contributed by atoms with Crippen LogP contribution in [0.4, 0.5) is 0 Å². The first-order valence-corrected chi connectivity index (χ1v) is 7.77. The van der Waals surface area contributed by atoms with Crippen molar-refractivity contribution in [3.05, 3.63) is 53.6 Å². The van der Waals surface area contributed by atoms with E-state index in [1.54, 1.807) is 0 Å². The second kappa shape index (κ2) is 5.53. The van der Waals surface area contributed by atoms with Gasteiger partial charge in [-0.25, -0.2) is 4.98 Å². The Labute approximate surface area is 130 Å². The molecule has 21 heavy (non-hydrogen) atoms. The lowest BCUT2D eigenvalue weighted by Crippen LogP contribution is -2.03. The Balaban J connectivity index is 2.22. The predicted octanol–water partition coefficient (Wildman–Crippen LogP) is 5.33. The van der Waals surface area contributed by atoms with E-state index in [-0.39, 0.29) is 0 Å². The van der Waals surface area contributed by atoms with Crippen molar-refractivity contribution >= 4 is 22.6 Å². The lowest BCUT2D eigenvalue weighted by molar-refractivity contribution is 0.624. The van der Waals surface area contributed by atoms with E-state index in [0.29, 0.717) is 11.9 Å². The topological polar surface area (TPSA) is 17.8 Å². The lowest BCUT2D eigenvalue weighted by Gasteiger charge is -2.13. The second-order valence-electron chi connectivity index (χ2n) is 5.72. The lowest BCUT2D eigenvalue weighted by atomic mass is 10.1. The molecule has 3 aromatic rings. The quantitative estimate of drug-likeness (QED) is 0.597. The van der Waals surface area contributed by atoms with Crippen LogP contribution in [-0.4, -0.2) is 9.55 Å². The van der Waals surface area contributed by atoms with Crippen LogP contribution in [0.25, 0.3) is 22.4 Å². The third-order valence-corrected chi connectivity index (χ3v) is 4.04. The minimum Gasteiger partial charge on any atom is -0.321 e. The molecule has 2 nitrogen and oxygen atoms in total. The molecule has 3 heteroatoms. The van der Waals surface area contributed by atoms with Gasteiger partial charge in [-0.2, -0.15) is 0 Å². The Morgan fingerprint density at radius 3 is 2.43 bits per heavy atom. The molecule has 0 aliphatic carbocycles. The molecule has 0 radical (unpaired) electrons. The van der Waals surface area contributed by atoms with Gasteiger partial charge in [0.1, 0.15) is 5.82 Å². The second-order valence-corrected chi connectivity index (χ2v) is 5.99. The zero-order chi connectivity index (χ0) is 15.0. The van der Waals surface area contributed by atoms with Crippen molar-refractivity contribution in [2.75, 3.05) is 0 Å². The number of benzene rings is 2. The number of imidazole rings is 1. The average molecular weight is 299 g/mol. The van der Waals surface area contributed by atoms with E-state index in [9.17, 15) is 0 Å². The third-order valence-electron chi connectivity index (χ3n) is 3.73. The summed E-state index contributed by atoms with van der Waals surface area (Å²) in [5.41, 5.74) is 5.74. The molecular weight excluding hydrogens is 280 g/mol. The normalized spacial score (nSPS) is 11.5. The van der Waals surface area contributed by atoms with Crippen LogP contribution in [0.2, 0.25) is 0 Å². The van der Waals surface area contributed by atoms with Crippen molar-refractivity contribution in [2.24, 2.45) is 0 Å². The van der Waals surface area contributed by atoms with Gasteiger partial charge in [-0.1, -0.05) is 30.3 Å². The van der Waals surface area contributed by atoms with Gasteiger partial charge in [-0.05, 0) is 44.0 Å². The number of hydrogen-bond donors (Lipinski definition) is 0. The fourth-order valence-electron chi connectivity index (χ4n) is 2.68. The van der Waals surface area contributed by atoms with E-state index in [1.807, 2.05) is 0 Å². The molecule has 0 N–H and O–H groups in total. The minimum absolute atomic E-state index is 0.361. The van der Waals surface area contributed by atoms with Crippen LogP contribution in [0.3, 0.4) is 0 Å². The Morgan fingerprint density at radius 2 is 1.81 bits per heavy atom. The van der Waals surface area contributed by atoms with E-state index in [2.05, 4.69) is 67.8 Å². The van der Waals surface area contributed by atoms with Crippen molar-refractivity contribution < 1.29 is 0 Å². The fraction of sp³-hybridized carbons (Fsp3) is 0.278. The molecule has 0 atom stereocenters. The van der Waals surface area contributed by atoms with E-state index in [1.165, 1.54) is 11.1 Å². The van der Waals surface area contributed by atoms with Crippen molar-refractivity contribution in [3.8, 4) is 11.4 Å². The molecule has 0 aliphatic rings. The van der Waals surface area contributed by atoms with Crippen LogP contribution >= 0.6 is 11.6 Å². The van der Waals surface area contributed by atoms with Crippen LogP contribution in [0, 0.1) is 6.92 Å². The standard InChI is InChI=1S/C18H19ClN2/c1-12(2)21-17-9-4-13(3)10-16(17)20-18(21)15-7-5-14(11-19)6-8-15/h4-10,12H,11H2,1-3H3. The third kappa shape index (κ3) is 2.56. The number of fused-ring (bicyclic) bond motifs is 1. The summed E-state index contributed by atoms with van der Waals surface area (Å²) in [4.78, 5) is 4.85. The molecule has 0 aliphatic heterocycles. The molecule has 0 saturated heterocycles. The van der Waals surface area contributed by atoms with Crippen LogP contribution in [0.15, 0.2) is 42.5 Å². The number of halogens is 1. The van der Waals surface area contributed by atoms with Gasteiger partial charge in [-0.3, -0.25) is 0 Å². The summed E-state index contributed by atoms with van der Waals surface area (Å²) in [5.74, 6) is 1.56. The first-order chi connectivity index (χ1) is 10.1. The Hall–Kier alpha value is -1.80. The van der Waals surface area contributed by atoms with Crippen LogP contribution in [0.1, 0.15) is 31.0 Å². The summed E-state index contributed by atoms with van der Waals surface area (Å²) in [5, 5.41) is 0. The maximum absolute atomic E-state index is 5.87. The predicted molar refractivity (Wildman–Crippen MR) is 89.8 cm³/mol. The largest absolute Gasteiger partial charge is 0.321 e. The number of alkyl halides is 1. The summed E-state index contributed by atoms with van der Waals surface area (Å²) < 4.78 is 2.30. The molecule has 0 spiro atoms. The van der Waals surface area contributed by atoms with E-state index in [4.69, 9.17) is 16.6 Å². The molecule has 108 valence electrons. The van der Waals surface area contributed by atoms with Gasteiger partial charge in [0.15, 0.2) is 0 Å². The van der Waals surface area contributed by atoms with Gasteiger partial charge < -0.3 is 4.57 Å². The number of hydrogen-bond acceptors (Lipinski definition) is 1. The molecule has 1 heterocycles. The first kappa shape index (κ1) is 14.2. The molecule has 3 rings (SSSR count). The molecule has 0 bridgehead atoms. The Morgan fingerprint density at radius 1 is 1.10 bits per heavy atom. The van der Waals surface area contributed by atoms with Gasteiger partial charge in [0.25, 0.3) is 0 Å². The number of nitrogens with zero attached hydrogens (tertiary/aromatic N) is 2. The fourth-order valence-corrected chi connectivity index (χ4v) is 2.86. The van der Waals surface area contributed by atoms with Crippen molar-refractivity contribution in [1.82, 2.24) is 9.55 Å². The zero-order valence-electron chi connectivity index (χ0n) is 12.6. The van der Waals surface area contributed by atoms with E-state index >= 15 is 0 Å². The summed E-state index contributed by atoms with van der Waals surface area (Å²) in [6, 6.07) is 15.1. The van der Waals surface area contributed by atoms with Gasteiger partial charge in [0.05, 0.1) is 11.0 Å². The molecule has 0 amide bonds. The highest BCUT2D eigenvalue weighted by Crippen LogP contribution is 2.29. The highest BCUT2D eigenvalue weighted by atomic mass is 35.5. The van der Waals surface area contributed by atoms with Gasteiger partial charge in [0, 0.05) is 17.5 Å². The first-order valence-electron chi connectivity index (χ1n) is 7.24. The zero-order valence-corrected chi connectivity index (χ0v) is 13.4. The van der Waals surface area contributed by atoms with E-state index in [0.717, 1.165) is 22.5 Å². The van der Waals surface area contributed by atoms with Gasteiger partial charge in [-0.15, -0.1) is 11.6 Å². The van der Waals surface area contributed by atoms with Gasteiger partial charge >= 0.3 is 0 Å². The average Bonchev–Trinajstić information content (AvgIpc) is 2.85. The monoisotopic (exact) mass is 298 g/mol. The molecule has 0 saturated carbocycles. The maximum Gasteiger partial charge on any atom is 0.141 e. The molecule has 0 unspecified atom stereocenters. The summed E-state index contributed by atoms with van der Waals surface area (Å²) in [6.07, 6.45) is 0. The Kier molecular flexibility index (Phi) is 3.73. The summed E-state index contributed by atoms with van der Waals surface area (Å²) in [6.45, 7) is 6.48. The highest BCUT2D eigenvalue weighted by molar-refractivity contribution is 6.17. The molecule has 2 aromatic carbocycles. The molecule has 1 aromatic heterocycles. The Bertz CT molecular complexity index is 770. The highest BCUT2D eigenvalue weighted by Gasteiger charge is 2.14. The number of aryl methyl sites for hydroxylation is 1. The summed E-state index contributed by atoms with van der Waals surface area (Å²) in [7, 11) is 0. The number of aromatic nitrogens is 2. The SMILES string of the molecule is Cc1ccc2c(c1)nc(-c1ccc(CCl)cc1)n2C(C)C. The minimum atomic E-state index is 0.361. The molecular formula is C18H19ClN2. The van der Waals surface area contributed by atoms with Crippen LogP contribution < -0.4 is 0 Å². The van der Waals surface area contributed by atoms with Crippen LogP contribution in [0.5, 0.6) is 0 Å². The van der Waals surface area contributed by atoms with Crippen LogP contribution in [-0.2, 0) is 5.88 Å². The smallest absolute Gasteiger partial charge is 0.141 e.